The number of benzene rings is 1. The van der Waals surface area contributed by atoms with E-state index in [0.717, 1.165) is 15.4 Å². The minimum atomic E-state index is -0.800. The summed E-state index contributed by atoms with van der Waals surface area (Å²) in [4.78, 5) is 1.12. The van der Waals surface area contributed by atoms with Crippen LogP contribution in [0.5, 0.6) is 0 Å². The second-order valence-electron chi connectivity index (χ2n) is 4.15. The average Bonchev–Trinajstić information content (AvgIpc) is 2.78. The molecule has 0 aliphatic heterocycles. The van der Waals surface area contributed by atoms with Crippen molar-refractivity contribution in [1.29, 1.82) is 0 Å². The summed E-state index contributed by atoms with van der Waals surface area (Å²) in [5.41, 5.74) is 0.377. The van der Waals surface area contributed by atoms with Crippen molar-refractivity contribution in [3.05, 3.63) is 56.2 Å². The van der Waals surface area contributed by atoms with Crippen LogP contribution in [0.25, 0.3) is 0 Å². The van der Waals surface area contributed by atoms with Crippen LogP contribution in [0, 0.1) is 11.6 Å². The first-order valence-electron chi connectivity index (χ1n) is 6.02. The SMILES string of the molecule is CCNC(Cc1sccc1Br)c1cccc(F)c1F. The normalized spacial score (nSPS) is 12.6. The Hall–Kier alpha value is -0.780. The van der Waals surface area contributed by atoms with Crippen LogP contribution in [0.1, 0.15) is 23.4 Å². The lowest BCUT2D eigenvalue weighted by atomic mass is 10.0. The fourth-order valence-corrected chi connectivity index (χ4v) is 3.55. The van der Waals surface area contributed by atoms with Crippen LogP contribution >= 0.6 is 27.3 Å². The quantitative estimate of drug-likeness (QED) is 0.829. The summed E-state index contributed by atoms with van der Waals surface area (Å²) < 4.78 is 28.2. The van der Waals surface area contributed by atoms with Crippen molar-refractivity contribution in [3.63, 3.8) is 0 Å². The Morgan fingerprint density at radius 2 is 2.11 bits per heavy atom. The molecule has 0 bridgehead atoms. The molecule has 1 nitrogen and oxygen atoms in total. The topological polar surface area (TPSA) is 12.0 Å². The lowest BCUT2D eigenvalue weighted by Crippen LogP contribution is -2.24. The molecule has 5 heteroatoms. The Labute approximate surface area is 123 Å². The van der Waals surface area contributed by atoms with E-state index in [0.29, 0.717) is 18.5 Å². The molecule has 0 radical (unpaired) electrons. The van der Waals surface area contributed by atoms with Crippen molar-refractivity contribution >= 4 is 27.3 Å². The van der Waals surface area contributed by atoms with Crippen molar-refractivity contribution in [2.75, 3.05) is 6.54 Å². The van der Waals surface area contributed by atoms with Crippen molar-refractivity contribution in [1.82, 2.24) is 5.32 Å². The standard InChI is InChI=1S/C14H14BrF2NS/c1-2-18-12(8-13-10(15)6-7-19-13)9-4-3-5-11(16)14(9)17/h3-7,12,18H,2,8H2,1H3. The number of hydrogen-bond donors (Lipinski definition) is 1. The zero-order valence-corrected chi connectivity index (χ0v) is 12.8. The molecule has 1 aromatic heterocycles. The van der Waals surface area contributed by atoms with Gasteiger partial charge in [0.25, 0.3) is 0 Å². The van der Waals surface area contributed by atoms with Gasteiger partial charge in [-0.2, -0.15) is 0 Å². The van der Waals surface area contributed by atoms with Gasteiger partial charge in [0.05, 0.1) is 0 Å². The highest BCUT2D eigenvalue weighted by atomic mass is 79.9. The maximum Gasteiger partial charge on any atom is 0.163 e. The third-order valence-electron chi connectivity index (χ3n) is 2.89. The summed E-state index contributed by atoms with van der Waals surface area (Å²) in [5, 5.41) is 5.19. The second-order valence-corrected chi connectivity index (χ2v) is 6.00. The zero-order valence-electron chi connectivity index (χ0n) is 10.4. The molecular formula is C14H14BrF2NS. The maximum atomic E-state index is 13.9. The summed E-state index contributed by atoms with van der Waals surface area (Å²) in [6, 6.07) is 6.05. The first-order valence-corrected chi connectivity index (χ1v) is 7.70. The highest BCUT2D eigenvalue weighted by Gasteiger charge is 2.19. The Morgan fingerprint density at radius 3 is 2.74 bits per heavy atom. The first-order chi connectivity index (χ1) is 9.13. The summed E-state index contributed by atoms with van der Waals surface area (Å²) in [7, 11) is 0. The summed E-state index contributed by atoms with van der Waals surface area (Å²) in [5.74, 6) is -1.56. The van der Waals surface area contributed by atoms with Gasteiger partial charge in [-0.05, 0) is 40.0 Å². The van der Waals surface area contributed by atoms with Gasteiger partial charge < -0.3 is 5.32 Å². The Morgan fingerprint density at radius 1 is 1.32 bits per heavy atom. The van der Waals surface area contributed by atoms with E-state index in [1.54, 1.807) is 23.5 Å². The Balaban J connectivity index is 2.29. The lowest BCUT2D eigenvalue weighted by molar-refractivity contribution is 0.465. The van der Waals surface area contributed by atoms with Crippen LogP contribution in [0.4, 0.5) is 8.78 Å². The number of likely N-dealkylation sites (N-methyl/N-ethyl adjacent to an activating group) is 1. The molecule has 0 saturated heterocycles. The lowest BCUT2D eigenvalue weighted by Gasteiger charge is -2.18. The molecule has 1 unspecified atom stereocenters. The molecule has 0 aliphatic carbocycles. The molecule has 0 amide bonds. The van der Waals surface area contributed by atoms with E-state index in [4.69, 9.17) is 0 Å². The third-order valence-corrected chi connectivity index (χ3v) is 4.84. The van der Waals surface area contributed by atoms with Gasteiger partial charge in [-0.1, -0.05) is 19.1 Å². The van der Waals surface area contributed by atoms with Gasteiger partial charge in [0.15, 0.2) is 11.6 Å². The molecule has 0 spiro atoms. The van der Waals surface area contributed by atoms with E-state index < -0.39 is 11.6 Å². The average molecular weight is 346 g/mol. The number of halogens is 3. The summed E-state index contributed by atoms with van der Waals surface area (Å²) in [6.07, 6.45) is 0.631. The van der Waals surface area contributed by atoms with Crippen molar-refractivity contribution < 1.29 is 8.78 Å². The van der Waals surface area contributed by atoms with Crippen molar-refractivity contribution in [2.24, 2.45) is 0 Å². The van der Waals surface area contributed by atoms with E-state index in [1.165, 1.54) is 0 Å². The van der Waals surface area contributed by atoms with Crippen LogP contribution < -0.4 is 5.32 Å². The maximum absolute atomic E-state index is 13.9. The predicted octanol–water partition coefficient (Wildman–Crippen LogP) is 4.68. The molecule has 1 N–H and O–H groups in total. The molecule has 1 heterocycles. The molecule has 19 heavy (non-hydrogen) atoms. The van der Waals surface area contributed by atoms with Crippen molar-refractivity contribution in [2.45, 2.75) is 19.4 Å². The highest BCUT2D eigenvalue weighted by molar-refractivity contribution is 9.10. The molecule has 0 saturated carbocycles. The number of nitrogens with one attached hydrogen (secondary N) is 1. The van der Waals surface area contributed by atoms with Gasteiger partial charge in [0, 0.05) is 27.4 Å². The van der Waals surface area contributed by atoms with Crippen LogP contribution in [0.2, 0.25) is 0 Å². The first kappa shape index (κ1) is 14.6. The minimum absolute atomic E-state index is 0.226. The fraction of sp³-hybridized carbons (Fsp3) is 0.286. The molecule has 0 aliphatic rings. The van der Waals surface area contributed by atoms with Crippen molar-refractivity contribution in [3.8, 4) is 0 Å². The van der Waals surface area contributed by atoms with Crippen LogP contribution in [-0.4, -0.2) is 6.54 Å². The molecule has 1 aromatic carbocycles. The van der Waals surface area contributed by atoms with E-state index in [9.17, 15) is 8.78 Å². The molecule has 1 atom stereocenters. The molecular weight excluding hydrogens is 332 g/mol. The number of thiophene rings is 1. The van der Waals surface area contributed by atoms with Gasteiger partial charge in [-0.25, -0.2) is 8.78 Å². The van der Waals surface area contributed by atoms with E-state index in [1.807, 2.05) is 18.4 Å². The summed E-state index contributed by atoms with van der Waals surface area (Å²) >= 11 is 5.07. The summed E-state index contributed by atoms with van der Waals surface area (Å²) in [6.45, 7) is 2.65. The molecule has 2 aromatic rings. The monoisotopic (exact) mass is 345 g/mol. The van der Waals surface area contributed by atoms with Crippen LogP contribution in [0.3, 0.4) is 0 Å². The van der Waals surface area contributed by atoms with Crippen LogP contribution in [-0.2, 0) is 6.42 Å². The second kappa shape index (κ2) is 6.59. The van der Waals surface area contributed by atoms with Gasteiger partial charge in [-0.15, -0.1) is 11.3 Å². The van der Waals surface area contributed by atoms with Gasteiger partial charge in [0.1, 0.15) is 0 Å². The smallest absolute Gasteiger partial charge is 0.163 e. The Kier molecular flexibility index (Phi) is 5.07. The molecule has 0 fully saturated rings. The number of rotatable bonds is 5. The molecule has 2 rings (SSSR count). The third kappa shape index (κ3) is 3.41. The minimum Gasteiger partial charge on any atom is -0.310 e. The van der Waals surface area contributed by atoms with E-state index in [-0.39, 0.29) is 6.04 Å². The van der Waals surface area contributed by atoms with Crippen LogP contribution in [0.15, 0.2) is 34.1 Å². The predicted molar refractivity (Wildman–Crippen MR) is 78.5 cm³/mol. The van der Waals surface area contributed by atoms with E-state index in [2.05, 4.69) is 21.2 Å². The van der Waals surface area contributed by atoms with E-state index >= 15 is 0 Å². The largest absolute Gasteiger partial charge is 0.310 e. The van der Waals surface area contributed by atoms with Gasteiger partial charge in [-0.3, -0.25) is 0 Å². The van der Waals surface area contributed by atoms with Gasteiger partial charge >= 0.3 is 0 Å². The Bertz CT molecular complexity index is 556. The fourth-order valence-electron chi connectivity index (χ4n) is 1.98. The number of hydrogen-bond acceptors (Lipinski definition) is 2. The highest BCUT2D eigenvalue weighted by Crippen LogP contribution is 2.29. The molecule has 102 valence electrons. The zero-order chi connectivity index (χ0) is 13.8. The van der Waals surface area contributed by atoms with Gasteiger partial charge in [0.2, 0.25) is 0 Å².